The molecule has 1 N–H and O–H groups in total. The normalized spacial score (nSPS) is 12.4. The van der Waals surface area contributed by atoms with Gasteiger partial charge >= 0.3 is 0 Å². The third-order valence-electron chi connectivity index (χ3n) is 2.79. The summed E-state index contributed by atoms with van der Waals surface area (Å²) in [7, 11) is 1.68. The lowest BCUT2D eigenvalue weighted by molar-refractivity contribution is 0.413. The minimum absolute atomic E-state index is 0.278. The molecule has 0 bridgehead atoms. The van der Waals surface area contributed by atoms with Crippen LogP contribution in [0.2, 0.25) is 0 Å². The largest absolute Gasteiger partial charge is 0.497 e. The van der Waals surface area contributed by atoms with E-state index in [9.17, 15) is 0 Å². The Bertz CT molecular complexity index is 451. The number of hydrogen-bond donors (Lipinski definition) is 1. The number of benzene rings is 1. The molecule has 0 aliphatic heterocycles. The van der Waals surface area contributed by atoms with Crippen molar-refractivity contribution in [1.29, 1.82) is 0 Å². The molecule has 1 unspecified atom stereocenters. The first-order valence-corrected chi connectivity index (χ1v) is 5.68. The maximum absolute atomic E-state index is 5.21. The summed E-state index contributed by atoms with van der Waals surface area (Å²) in [6, 6.07) is 10.3. The fourth-order valence-corrected chi connectivity index (χ4v) is 1.69. The second kappa shape index (κ2) is 5.55. The Hall–Kier alpha value is -1.74. The van der Waals surface area contributed by atoms with Gasteiger partial charge in [-0.2, -0.15) is 0 Å². The minimum Gasteiger partial charge on any atom is -0.497 e. The molecule has 0 aliphatic rings. The van der Waals surface area contributed by atoms with Crippen molar-refractivity contribution in [2.24, 2.45) is 0 Å². The van der Waals surface area contributed by atoms with Gasteiger partial charge in [-0.05, 0) is 30.7 Å². The molecule has 0 saturated carbocycles. The Labute approximate surface area is 101 Å². The zero-order valence-electron chi connectivity index (χ0n) is 10.1. The molecule has 3 heteroatoms. The lowest BCUT2D eigenvalue weighted by Crippen LogP contribution is -2.17. The molecule has 2 rings (SSSR count). The molecule has 0 fully saturated rings. The van der Waals surface area contributed by atoms with Gasteiger partial charge in [0.2, 0.25) is 0 Å². The first kappa shape index (κ1) is 11.7. The summed E-state index contributed by atoms with van der Waals surface area (Å²) in [5.74, 6) is 0.888. The van der Waals surface area contributed by atoms with Crippen LogP contribution in [0.15, 0.2) is 47.3 Å². The molecule has 1 atom stereocenters. The van der Waals surface area contributed by atoms with Gasteiger partial charge in [-0.3, -0.25) is 0 Å². The van der Waals surface area contributed by atoms with Gasteiger partial charge in [-0.25, -0.2) is 0 Å². The average Bonchev–Trinajstić information content (AvgIpc) is 2.89. The van der Waals surface area contributed by atoms with Crippen molar-refractivity contribution in [3.05, 3.63) is 54.0 Å². The molecule has 3 nitrogen and oxygen atoms in total. The molecule has 0 saturated heterocycles. The summed E-state index contributed by atoms with van der Waals surface area (Å²) >= 11 is 0. The van der Waals surface area contributed by atoms with E-state index in [2.05, 4.69) is 18.3 Å². The second-order valence-corrected chi connectivity index (χ2v) is 4.01. The van der Waals surface area contributed by atoms with E-state index in [4.69, 9.17) is 9.15 Å². The number of methoxy groups -OCH3 is 1. The summed E-state index contributed by atoms with van der Waals surface area (Å²) in [4.78, 5) is 0. The number of ether oxygens (including phenoxy) is 1. The number of nitrogens with one attached hydrogen (secondary N) is 1. The van der Waals surface area contributed by atoms with Crippen molar-refractivity contribution in [3.63, 3.8) is 0 Å². The van der Waals surface area contributed by atoms with Crippen LogP contribution in [0.1, 0.15) is 24.1 Å². The average molecular weight is 231 g/mol. The zero-order valence-corrected chi connectivity index (χ0v) is 10.1. The van der Waals surface area contributed by atoms with Gasteiger partial charge in [-0.15, -0.1) is 0 Å². The SMILES string of the molecule is COc1cccc(C(C)NCc2ccoc2)c1. The molecule has 0 spiro atoms. The lowest BCUT2D eigenvalue weighted by Gasteiger charge is -2.14. The molecule has 1 aromatic carbocycles. The predicted octanol–water partition coefficient (Wildman–Crippen LogP) is 3.14. The summed E-state index contributed by atoms with van der Waals surface area (Å²) in [5, 5.41) is 3.44. The molecule has 0 aliphatic carbocycles. The predicted molar refractivity (Wildman–Crippen MR) is 67.0 cm³/mol. The second-order valence-electron chi connectivity index (χ2n) is 4.01. The van der Waals surface area contributed by atoms with Crippen LogP contribution in [0.25, 0.3) is 0 Å². The highest BCUT2D eigenvalue weighted by Crippen LogP contribution is 2.19. The zero-order chi connectivity index (χ0) is 12.1. The molecule has 0 radical (unpaired) electrons. The molecule has 0 amide bonds. The maximum Gasteiger partial charge on any atom is 0.119 e. The Kier molecular flexibility index (Phi) is 3.83. The van der Waals surface area contributed by atoms with Gasteiger partial charge in [0.15, 0.2) is 0 Å². The first-order chi connectivity index (χ1) is 8.29. The molecule has 17 heavy (non-hydrogen) atoms. The number of furan rings is 1. The van der Waals surface area contributed by atoms with Crippen LogP contribution in [0, 0.1) is 0 Å². The highest BCUT2D eigenvalue weighted by atomic mass is 16.5. The van der Waals surface area contributed by atoms with Crippen LogP contribution in [0.3, 0.4) is 0 Å². The van der Waals surface area contributed by atoms with E-state index in [1.165, 1.54) is 5.56 Å². The van der Waals surface area contributed by atoms with Crippen molar-refractivity contribution in [1.82, 2.24) is 5.32 Å². The van der Waals surface area contributed by atoms with Crippen molar-refractivity contribution in [3.8, 4) is 5.75 Å². The fourth-order valence-electron chi connectivity index (χ4n) is 1.69. The minimum atomic E-state index is 0.278. The number of hydrogen-bond acceptors (Lipinski definition) is 3. The highest BCUT2D eigenvalue weighted by Gasteiger charge is 2.06. The first-order valence-electron chi connectivity index (χ1n) is 5.68. The quantitative estimate of drug-likeness (QED) is 0.858. The third-order valence-corrected chi connectivity index (χ3v) is 2.79. The summed E-state index contributed by atoms with van der Waals surface area (Å²) in [6.07, 6.45) is 3.44. The van der Waals surface area contributed by atoms with Crippen LogP contribution in [-0.4, -0.2) is 7.11 Å². The van der Waals surface area contributed by atoms with E-state index in [0.717, 1.165) is 17.9 Å². The van der Waals surface area contributed by atoms with Crippen LogP contribution < -0.4 is 10.1 Å². The lowest BCUT2D eigenvalue weighted by atomic mass is 10.1. The van der Waals surface area contributed by atoms with Crippen molar-refractivity contribution in [2.75, 3.05) is 7.11 Å². The Balaban J connectivity index is 1.96. The Morgan fingerprint density at radius 3 is 2.94 bits per heavy atom. The van der Waals surface area contributed by atoms with Gasteiger partial charge in [0.25, 0.3) is 0 Å². The van der Waals surface area contributed by atoms with Crippen LogP contribution in [-0.2, 0) is 6.54 Å². The monoisotopic (exact) mass is 231 g/mol. The molecule has 90 valence electrons. The maximum atomic E-state index is 5.21. The summed E-state index contributed by atoms with van der Waals surface area (Å²) in [6.45, 7) is 2.93. The fraction of sp³-hybridized carbons (Fsp3) is 0.286. The highest BCUT2D eigenvalue weighted by molar-refractivity contribution is 5.30. The van der Waals surface area contributed by atoms with E-state index < -0.39 is 0 Å². The van der Waals surface area contributed by atoms with Crippen molar-refractivity contribution < 1.29 is 9.15 Å². The van der Waals surface area contributed by atoms with Crippen LogP contribution in [0.4, 0.5) is 0 Å². The van der Waals surface area contributed by atoms with Gasteiger partial charge in [0, 0.05) is 18.2 Å². The topological polar surface area (TPSA) is 34.4 Å². The molecule has 1 aromatic heterocycles. The standard InChI is InChI=1S/C14H17NO2/c1-11(15-9-12-6-7-17-10-12)13-4-3-5-14(8-13)16-2/h3-8,10-11,15H,9H2,1-2H3. The molecule has 2 aromatic rings. The van der Waals surface area contributed by atoms with Crippen molar-refractivity contribution >= 4 is 0 Å². The van der Waals surface area contributed by atoms with Gasteiger partial charge in [0.05, 0.1) is 19.6 Å². The number of rotatable bonds is 5. The molecular formula is C14H17NO2. The van der Waals surface area contributed by atoms with E-state index in [1.807, 2.05) is 24.3 Å². The van der Waals surface area contributed by atoms with Crippen molar-refractivity contribution in [2.45, 2.75) is 19.5 Å². The Morgan fingerprint density at radius 2 is 2.24 bits per heavy atom. The van der Waals surface area contributed by atoms with E-state index >= 15 is 0 Å². The summed E-state index contributed by atoms with van der Waals surface area (Å²) < 4.78 is 10.2. The van der Waals surface area contributed by atoms with Crippen LogP contribution >= 0.6 is 0 Å². The smallest absolute Gasteiger partial charge is 0.119 e. The van der Waals surface area contributed by atoms with E-state index in [1.54, 1.807) is 19.6 Å². The Morgan fingerprint density at radius 1 is 1.35 bits per heavy atom. The van der Waals surface area contributed by atoms with E-state index in [-0.39, 0.29) is 6.04 Å². The molecular weight excluding hydrogens is 214 g/mol. The third kappa shape index (κ3) is 3.11. The van der Waals surface area contributed by atoms with Crippen LogP contribution in [0.5, 0.6) is 5.75 Å². The van der Waals surface area contributed by atoms with E-state index in [0.29, 0.717) is 0 Å². The van der Waals surface area contributed by atoms with Gasteiger partial charge < -0.3 is 14.5 Å². The summed E-state index contributed by atoms with van der Waals surface area (Å²) in [5.41, 5.74) is 2.37. The molecule has 1 heterocycles. The van der Waals surface area contributed by atoms with Gasteiger partial charge in [0.1, 0.15) is 5.75 Å². The van der Waals surface area contributed by atoms with Gasteiger partial charge in [-0.1, -0.05) is 12.1 Å².